The van der Waals surface area contributed by atoms with E-state index >= 15 is 0 Å². The second-order valence-electron chi connectivity index (χ2n) is 4.10. The van der Waals surface area contributed by atoms with Gasteiger partial charge in [-0.25, -0.2) is 9.18 Å². The van der Waals surface area contributed by atoms with Gasteiger partial charge in [-0.3, -0.25) is 4.79 Å². The van der Waals surface area contributed by atoms with Gasteiger partial charge in [0.05, 0.1) is 12.5 Å². The SMILES string of the molecule is CCOC(=O)OC(=O)[C@H]1C[C@@H]1c1ccc(F)cc1. The Hall–Kier alpha value is -1.91. The van der Waals surface area contributed by atoms with E-state index in [4.69, 9.17) is 0 Å². The number of hydrogen-bond donors (Lipinski definition) is 0. The summed E-state index contributed by atoms with van der Waals surface area (Å²) in [5.41, 5.74) is 0.877. The molecule has 0 heterocycles. The van der Waals surface area contributed by atoms with E-state index in [9.17, 15) is 14.0 Å². The first-order valence-electron chi connectivity index (χ1n) is 5.75. The van der Waals surface area contributed by atoms with Gasteiger partial charge in [-0.1, -0.05) is 12.1 Å². The van der Waals surface area contributed by atoms with E-state index in [1.807, 2.05) is 0 Å². The fraction of sp³-hybridized carbons (Fsp3) is 0.385. The summed E-state index contributed by atoms with van der Waals surface area (Å²) in [6.07, 6.45) is -0.351. The molecular weight excluding hydrogens is 239 g/mol. The number of benzene rings is 1. The normalized spacial score (nSPS) is 21.2. The largest absolute Gasteiger partial charge is 0.516 e. The molecule has 4 nitrogen and oxygen atoms in total. The average Bonchev–Trinajstić information content (AvgIpc) is 3.10. The first-order valence-corrected chi connectivity index (χ1v) is 5.75. The fourth-order valence-electron chi connectivity index (χ4n) is 1.84. The molecule has 96 valence electrons. The number of rotatable bonds is 3. The van der Waals surface area contributed by atoms with E-state index in [2.05, 4.69) is 9.47 Å². The Morgan fingerprint density at radius 3 is 2.61 bits per heavy atom. The molecule has 1 fully saturated rings. The Morgan fingerprint density at radius 1 is 1.33 bits per heavy atom. The van der Waals surface area contributed by atoms with Crippen LogP contribution in [0, 0.1) is 11.7 Å². The molecule has 0 amide bonds. The van der Waals surface area contributed by atoms with Crippen LogP contribution in [0.1, 0.15) is 24.8 Å². The van der Waals surface area contributed by atoms with Crippen LogP contribution in [-0.2, 0) is 14.3 Å². The highest BCUT2D eigenvalue weighted by molar-refractivity contribution is 5.86. The van der Waals surface area contributed by atoms with Gasteiger partial charge in [-0.15, -0.1) is 0 Å². The zero-order valence-corrected chi connectivity index (χ0v) is 9.89. The maximum Gasteiger partial charge on any atom is 0.516 e. The van der Waals surface area contributed by atoms with Gasteiger partial charge in [-0.2, -0.15) is 0 Å². The van der Waals surface area contributed by atoms with Crippen LogP contribution in [0.25, 0.3) is 0 Å². The third-order valence-electron chi connectivity index (χ3n) is 2.84. The van der Waals surface area contributed by atoms with E-state index < -0.39 is 12.1 Å². The van der Waals surface area contributed by atoms with E-state index in [1.54, 1.807) is 19.1 Å². The van der Waals surface area contributed by atoms with Gasteiger partial charge < -0.3 is 9.47 Å². The van der Waals surface area contributed by atoms with E-state index in [0.29, 0.717) is 6.42 Å². The predicted octanol–water partition coefficient (Wildman–Crippen LogP) is 2.63. The van der Waals surface area contributed by atoms with Crippen molar-refractivity contribution in [1.82, 2.24) is 0 Å². The molecule has 1 aliphatic carbocycles. The van der Waals surface area contributed by atoms with Crippen molar-refractivity contribution >= 4 is 12.1 Å². The number of ether oxygens (including phenoxy) is 2. The van der Waals surface area contributed by atoms with Crippen LogP contribution < -0.4 is 0 Å². The second-order valence-corrected chi connectivity index (χ2v) is 4.10. The number of carbonyl (C=O) groups excluding carboxylic acids is 2. The minimum Gasteiger partial charge on any atom is -0.434 e. The molecule has 2 rings (SSSR count). The van der Waals surface area contributed by atoms with Gasteiger partial charge in [0, 0.05) is 0 Å². The first-order chi connectivity index (χ1) is 8.61. The Labute approximate surface area is 104 Å². The summed E-state index contributed by atoms with van der Waals surface area (Å²) in [6.45, 7) is 1.79. The Morgan fingerprint density at radius 2 is 2.00 bits per heavy atom. The number of halogens is 1. The monoisotopic (exact) mass is 252 g/mol. The lowest BCUT2D eigenvalue weighted by Gasteiger charge is -2.02. The maximum atomic E-state index is 12.7. The number of esters is 1. The van der Waals surface area contributed by atoms with E-state index in [0.717, 1.165) is 5.56 Å². The summed E-state index contributed by atoms with van der Waals surface area (Å²) in [6, 6.07) is 5.97. The number of carbonyl (C=O) groups is 2. The molecule has 0 unspecified atom stereocenters. The van der Waals surface area contributed by atoms with Crippen LogP contribution in [0.15, 0.2) is 24.3 Å². The van der Waals surface area contributed by atoms with Crippen molar-refractivity contribution in [2.45, 2.75) is 19.3 Å². The summed E-state index contributed by atoms with van der Waals surface area (Å²) >= 11 is 0. The Bertz CT molecular complexity index is 455. The minimum absolute atomic E-state index is 0.00697. The Kier molecular flexibility index (Phi) is 3.60. The summed E-state index contributed by atoms with van der Waals surface area (Å²) in [5, 5.41) is 0. The number of hydrogen-bond acceptors (Lipinski definition) is 4. The van der Waals surface area contributed by atoms with Crippen LogP contribution in [0.2, 0.25) is 0 Å². The van der Waals surface area contributed by atoms with E-state index in [1.165, 1.54) is 12.1 Å². The Balaban J connectivity index is 1.89. The average molecular weight is 252 g/mol. The molecule has 0 spiro atoms. The van der Waals surface area contributed by atoms with Crippen molar-refractivity contribution in [3.63, 3.8) is 0 Å². The van der Waals surface area contributed by atoms with Crippen LogP contribution >= 0.6 is 0 Å². The molecule has 2 atom stereocenters. The molecule has 1 aliphatic rings. The summed E-state index contributed by atoms with van der Waals surface area (Å²) in [5.74, 6) is -1.22. The lowest BCUT2D eigenvalue weighted by Crippen LogP contribution is -2.15. The molecule has 1 aromatic carbocycles. The van der Waals surface area contributed by atoms with E-state index in [-0.39, 0.29) is 24.3 Å². The molecule has 18 heavy (non-hydrogen) atoms. The zero-order valence-electron chi connectivity index (χ0n) is 9.89. The van der Waals surface area contributed by atoms with Gasteiger partial charge >= 0.3 is 12.1 Å². The molecular formula is C13H13FO4. The third-order valence-corrected chi connectivity index (χ3v) is 2.84. The van der Waals surface area contributed by atoms with Crippen molar-refractivity contribution in [2.24, 2.45) is 5.92 Å². The topological polar surface area (TPSA) is 52.6 Å². The van der Waals surface area contributed by atoms with Crippen LogP contribution in [0.4, 0.5) is 9.18 Å². The summed E-state index contributed by atoms with van der Waals surface area (Å²) < 4.78 is 21.8. The lowest BCUT2D eigenvalue weighted by atomic mass is 10.1. The lowest BCUT2D eigenvalue weighted by molar-refractivity contribution is -0.141. The third kappa shape index (κ3) is 2.85. The zero-order chi connectivity index (χ0) is 13.1. The van der Waals surface area contributed by atoms with Crippen LogP contribution in [0.5, 0.6) is 0 Å². The van der Waals surface area contributed by atoms with Crippen molar-refractivity contribution in [2.75, 3.05) is 6.61 Å². The molecule has 0 N–H and O–H groups in total. The summed E-state index contributed by atoms with van der Waals surface area (Å²) in [4.78, 5) is 22.5. The highest BCUT2D eigenvalue weighted by Crippen LogP contribution is 2.48. The van der Waals surface area contributed by atoms with Crippen molar-refractivity contribution in [3.05, 3.63) is 35.6 Å². The van der Waals surface area contributed by atoms with Gasteiger partial charge in [0.25, 0.3) is 0 Å². The smallest absolute Gasteiger partial charge is 0.434 e. The van der Waals surface area contributed by atoms with Crippen LogP contribution in [-0.4, -0.2) is 18.7 Å². The molecule has 0 aromatic heterocycles. The second kappa shape index (κ2) is 5.16. The van der Waals surface area contributed by atoms with Crippen molar-refractivity contribution in [1.29, 1.82) is 0 Å². The highest BCUT2D eigenvalue weighted by Gasteiger charge is 2.46. The molecule has 1 saturated carbocycles. The maximum absolute atomic E-state index is 12.7. The molecule has 0 saturated heterocycles. The standard InChI is InChI=1S/C13H13FO4/c1-2-17-13(16)18-12(15)11-7-10(11)8-3-5-9(14)6-4-8/h3-6,10-11H,2,7H2,1H3/t10-,11+/m1/s1. The molecule has 0 bridgehead atoms. The van der Waals surface area contributed by atoms with Gasteiger partial charge in [-0.05, 0) is 37.0 Å². The van der Waals surface area contributed by atoms with Crippen molar-refractivity contribution < 1.29 is 23.5 Å². The molecule has 0 aliphatic heterocycles. The highest BCUT2D eigenvalue weighted by atomic mass is 19.1. The summed E-state index contributed by atoms with van der Waals surface area (Å²) in [7, 11) is 0. The van der Waals surface area contributed by atoms with Gasteiger partial charge in [0.2, 0.25) is 0 Å². The van der Waals surface area contributed by atoms with Gasteiger partial charge in [0.15, 0.2) is 0 Å². The predicted molar refractivity (Wildman–Crippen MR) is 60.4 cm³/mol. The van der Waals surface area contributed by atoms with Gasteiger partial charge in [0.1, 0.15) is 5.82 Å². The molecule has 1 aromatic rings. The molecule has 0 radical (unpaired) electrons. The first kappa shape index (κ1) is 12.5. The quantitative estimate of drug-likeness (QED) is 0.613. The van der Waals surface area contributed by atoms with Crippen molar-refractivity contribution in [3.8, 4) is 0 Å². The fourth-order valence-corrected chi connectivity index (χ4v) is 1.84. The molecule has 5 heteroatoms. The minimum atomic E-state index is -0.966. The van der Waals surface area contributed by atoms with Crippen LogP contribution in [0.3, 0.4) is 0 Å².